The number of methoxy groups -OCH3 is 3. The second-order valence-electron chi connectivity index (χ2n) is 6.99. The van der Waals surface area contributed by atoms with Crippen molar-refractivity contribution in [3.63, 3.8) is 0 Å². The summed E-state index contributed by atoms with van der Waals surface area (Å²) in [5, 5.41) is 4.03. The molecule has 27 heavy (non-hydrogen) atoms. The van der Waals surface area contributed by atoms with Gasteiger partial charge in [0.25, 0.3) is 5.91 Å². The third-order valence-corrected chi connectivity index (χ3v) is 4.08. The van der Waals surface area contributed by atoms with E-state index in [-0.39, 0.29) is 11.3 Å². The Hall–Kier alpha value is -3.02. The first-order chi connectivity index (χ1) is 12.8. The number of carbonyl (C=O) groups excluding carboxylic acids is 1. The van der Waals surface area contributed by atoms with E-state index in [0.29, 0.717) is 22.8 Å². The van der Waals surface area contributed by atoms with Crippen LogP contribution in [-0.2, 0) is 5.41 Å². The fraction of sp³-hybridized carbons (Fsp3) is 0.333. The molecule has 6 nitrogen and oxygen atoms in total. The Morgan fingerprint density at radius 2 is 1.52 bits per heavy atom. The number of hydrazone groups is 1. The summed E-state index contributed by atoms with van der Waals surface area (Å²) in [6.07, 6.45) is 1.60. The molecular formula is C21H26N2O4. The van der Waals surface area contributed by atoms with Crippen LogP contribution >= 0.6 is 0 Å². The molecular weight excluding hydrogens is 344 g/mol. The molecule has 0 radical (unpaired) electrons. The number of benzene rings is 2. The monoisotopic (exact) mass is 370 g/mol. The minimum absolute atomic E-state index is 0.0936. The largest absolute Gasteiger partial charge is 0.493 e. The highest BCUT2D eigenvalue weighted by atomic mass is 16.5. The SMILES string of the molecule is COc1cc(C(=O)NN=Cc2ccc(C(C)(C)C)cc2)cc(OC)c1OC. The summed E-state index contributed by atoms with van der Waals surface area (Å²) in [7, 11) is 4.51. The Balaban J connectivity index is 2.12. The molecule has 0 aliphatic heterocycles. The number of ether oxygens (including phenoxy) is 3. The summed E-state index contributed by atoms with van der Waals surface area (Å²) in [5.41, 5.74) is 5.09. The Labute approximate surface area is 160 Å². The summed E-state index contributed by atoms with van der Waals surface area (Å²) in [6, 6.07) is 11.2. The third kappa shape index (κ3) is 5.00. The zero-order valence-corrected chi connectivity index (χ0v) is 16.6. The minimum atomic E-state index is -0.378. The molecule has 2 rings (SSSR count). The van der Waals surface area contributed by atoms with Gasteiger partial charge in [-0.05, 0) is 28.7 Å². The van der Waals surface area contributed by atoms with E-state index in [1.165, 1.54) is 26.9 Å². The van der Waals surface area contributed by atoms with Gasteiger partial charge in [-0.1, -0.05) is 45.0 Å². The van der Waals surface area contributed by atoms with Gasteiger partial charge in [-0.15, -0.1) is 0 Å². The number of hydrogen-bond donors (Lipinski definition) is 1. The highest BCUT2D eigenvalue weighted by molar-refractivity contribution is 5.96. The van der Waals surface area contributed by atoms with Gasteiger partial charge in [0.1, 0.15) is 0 Å². The van der Waals surface area contributed by atoms with Gasteiger partial charge < -0.3 is 14.2 Å². The van der Waals surface area contributed by atoms with Gasteiger partial charge in [0, 0.05) is 5.56 Å². The first kappa shape index (κ1) is 20.3. The standard InChI is InChI=1S/C21H26N2O4/c1-21(2,3)16-9-7-14(8-10-16)13-22-23-20(24)15-11-17(25-4)19(27-6)18(12-15)26-5/h7-13H,1-6H3,(H,23,24). The molecule has 2 aromatic carbocycles. The molecule has 0 bridgehead atoms. The molecule has 0 saturated heterocycles. The molecule has 0 aliphatic carbocycles. The van der Waals surface area contributed by atoms with Crippen molar-refractivity contribution in [1.82, 2.24) is 5.43 Å². The highest BCUT2D eigenvalue weighted by Gasteiger charge is 2.16. The van der Waals surface area contributed by atoms with Crippen LogP contribution in [0.5, 0.6) is 17.2 Å². The molecule has 144 valence electrons. The van der Waals surface area contributed by atoms with Crippen LogP contribution in [0, 0.1) is 0 Å². The van der Waals surface area contributed by atoms with Gasteiger partial charge in [-0.3, -0.25) is 4.79 Å². The van der Waals surface area contributed by atoms with Crippen molar-refractivity contribution in [2.75, 3.05) is 21.3 Å². The van der Waals surface area contributed by atoms with Gasteiger partial charge in [0.15, 0.2) is 11.5 Å². The smallest absolute Gasteiger partial charge is 0.271 e. The maximum absolute atomic E-state index is 12.4. The first-order valence-corrected chi connectivity index (χ1v) is 8.54. The maximum Gasteiger partial charge on any atom is 0.271 e. The second kappa shape index (κ2) is 8.58. The van der Waals surface area contributed by atoms with E-state index >= 15 is 0 Å². The molecule has 0 fully saturated rings. The lowest BCUT2D eigenvalue weighted by atomic mass is 9.87. The molecule has 6 heteroatoms. The lowest BCUT2D eigenvalue weighted by Crippen LogP contribution is -2.18. The summed E-state index contributed by atoms with van der Waals surface area (Å²) in [5.74, 6) is 0.864. The molecule has 0 atom stereocenters. The zero-order chi connectivity index (χ0) is 20.0. The van der Waals surface area contributed by atoms with Crippen molar-refractivity contribution < 1.29 is 19.0 Å². The number of rotatable bonds is 6. The fourth-order valence-corrected chi connectivity index (χ4v) is 2.51. The maximum atomic E-state index is 12.4. The lowest BCUT2D eigenvalue weighted by Gasteiger charge is -2.18. The van der Waals surface area contributed by atoms with E-state index < -0.39 is 0 Å². The van der Waals surface area contributed by atoms with Gasteiger partial charge in [-0.2, -0.15) is 5.10 Å². The van der Waals surface area contributed by atoms with Crippen LogP contribution in [0.25, 0.3) is 0 Å². The van der Waals surface area contributed by atoms with E-state index in [1.54, 1.807) is 18.3 Å². The topological polar surface area (TPSA) is 69.2 Å². The van der Waals surface area contributed by atoms with E-state index in [9.17, 15) is 4.79 Å². The third-order valence-electron chi connectivity index (χ3n) is 4.08. The summed E-state index contributed by atoms with van der Waals surface area (Å²) in [6.45, 7) is 6.48. The first-order valence-electron chi connectivity index (χ1n) is 8.54. The Morgan fingerprint density at radius 3 is 1.96 bits per heavy atom. The Morgan fingerprint density at radius 1 is 0.963 bits per heavy atom. The van der Waals surface area contributed by atoms with Crippen molar-refractivity contribution in [2.45, 2.75) is 26.2 Å². The van der Waals surface area contributed by atoms with Crippen molar-refractivity contribution in [3.05, 3.63) is 53.1 Å². The van der Waals surface area contributed by atoms with Gasteiger partial charge in [-0.25, -0.2) is 5.43 Å². The molecule has 0 saturated carbocycles. The van der Waals surface area contributed by atoms with Crippen molar-refractivity contribution in [1.29, 1.82) is 0 Å². The summed E-state index contributed by atoms with van der Waals surface area (Å²) in [4.78, 5) is 12.4. The molecule has 0 spiro atoms. The van der Waals surface area contributed by atoms with Crippen LogP contribution in [0.2, 0.25) is 0 Å². The van der Waals surface area contributed by atoms with Crippen LogP contribution in [-0.4, -0.2) is 33.5 Å². The van der Waals surface area contributed by atoms with Crippen molar-refractivity contribution in [2.24, 2.45) is 5.10 Å². The van der Waals surface area contributed by atoms with Gasteiger partial charge in [0.05, 0.1) is 27.5 Å². The molecule has 0 unspecified atom stereocenters. The number of hydrogen-bond acceptors (Lipinski definition) is 5. The van der Waals surface area contributed by atoms with E-state index in [2.05, 4.69) is 43.4 Å². The number of nitrogens with one attached hydrogen (secondary N) is 1. The van der Waals surface area contributed by atoms with Gasteiger partial charge >= 0.3 is 0 Å². The average Bonchev–Trinajstić information content (AvgIpc) is 2.66. The van der Waals surface area contributed by atoms with Crippen molar-refractivity contribution >= 4 is 12.1 Å². The van der Waals surface area contributed by atoms with E-state index in [4.69, 9.17) is 14.2 Å². The van der Waals surface area contributed by atoms with Crippen LogP contribution in [0.3, 0.4) is 0 Å². The van der Waals surface area contributed by atoms with Crippen LogP contribution in [0.1, 0.15) is 42.3 Å². The summed E-state index contributed by atoms with van der Waals surface area (Å²) >= 11 is 0. The van der Waals surface area contributed by atoms with Crippen molar-refractivity contribution in [3.8, 4) is 17.2 Å². The normalized spacial score (nSPS) is 11.3. The van der Waals surface area contributed by atoms with E-state index in [1.807, 2.05) is 12.1 Å². The molecule has 1 N–H and O–H groups in total. The predicted molar refractivity (Wildman–Crippen MR) is 106 cm³/mol. The van der Waals surface area contributed by atoms with Gasteiger partial charge in [0.2, 0.25) is 5.75 Å². The van der Waals surface area contributed by atoms with Crippen LogP contribution in [0.15, 0.2) is 41.5 Å². The molecule has 2 aromatic rings. The highest BCUT2D eigenvalue weighted by Crippen LogP contribution is 2.38. The quantitative estimate of drug-likeness (QED) is 0.621. The average molecular weight is 370 g/mol. The molecule has 0 aromatic heterocycles. The summed E-state index contributed by atoms with van der Waals surface area (Å²) < 4.78 is 15.8. The number of carbonyl (C=O) groups is 1. The molecule has 0 heterocycles. The Bertz CT molecular complexity index is 796. The minimum Gasteiger partial charge on any atom is -0.493 e. The van der Waals surface area contributed by atoms with Crippen LogP contribution in [0.4, 0.5) is 0 Å². The number of amides is 1. The van der Waals surface area contributed by atoms with E-state index in [0.717, 1.165) is 5.56 Å². The predicted octanol–water partition coefficient (Wildman–Crippen LogP) is 3.77. The fourth-order valence-electron chi connectivity index (χ4n) is 2.51. The number of nitrogens with zero attached hydrogens (tertiary/aromatic N) is 1. The molecule has 1 amide bonds. The zero-order valence-electron chi connectivity index (χ0n) is 16.6. The Kier molecular flexibility index (Phi) is 6.45. The lowest BCUT2D eigenvalue weighted by molar-refractivity contribution is 0.0954. The molecule has 0 aliphatic rings. The van der Waals surface area contributed by atoms with Crippen LogP contribution < -0.4 is 19.6 Å². The second-order valence-corrected chi connectivity index (χ2v) is 6.99.